The molecule has 0 unspecified atom stereocenters. The molecule has 38 heavy (non-hydrogen) atoms. The molecule has 0 saturated heterocycles. The van der Waals surface area contributed by atoms with Crippen molar-refractivity contribution in [1.29, 1.82) is 0 Å². The average Bonchev–Trinajstić information content (AvgIpc) is 3.34. The monoisotopic (exact) mass is 517 g/mol. The summed E-state index contributed by atoms with van der Waals surface area (Å²) in [4.78, 5) is 26.3. The van der Waals surface area contributed by atoms with Crippen LogP contribution >= 0.6 is 0 Å². The van der Waals surface area contributed by atoms with Gasteiger partial charge in [0, 0.05) is 18.4 Å². The highest BCUT2D eigenvalue weighted by atomic mass is 16.5. The number of esters is 1. The summed E-state index contributed by atoms with van der Waals surface area (Å²) < 4.78 is 4.70. The molecule has 3 N–H and O–H groups in total. The molecule has 0 amide bonds. The standard InChI is InChI=1S/C17H20N4O2.C14H23N/c1-3-4-5-13-20-15-11-7-6-10(9-14(22)23-2)8-12(11)19-17(18)16(15)21-13;1-4-10-15(11-5-2)12-14-8-6-13(3)7-9-14/h6-8H,3-5,9H2,1-2H3,(H2,18,19)(H,20,21);6-9H,4-5,10-12H2,1-3H3. The van der Waals surface area contributed by atoms with Crippen molar-refractivity contribution in [3.63, 3.8) is 0 Å². The van der Waals surface area contributed by atoms with Crippen LogP contribution in [0.3, 0.4) is 0 Å². The van der Waals surface area contributed by atoms with Crippen LogP contribution in [0.1, 0.15) is 69.0 Å². The van der Waals surface area contributed by atoms with Crippen molar-refractivity contribution in [2.45, 2.75) is 72.8 Å². The van der Waals surface area contributed by atoms with E-state index < -0.39 is 0 Å². The largest absolute Gasteiger partial charge is 0.469 e. The number of nitrogens with two attached hydrogens (primary N) is 1. The fraction of sp³-hybridized carbons (Fsp3) is 0.452. The first kappa shape index (κ1) is 29.1. The van der Waals surface area contributed by atoms with Gasteiger partial charge in [0.15, 0.2) is 0 Å². The van der Waals surface area contributed by atoms with Crippen LogP contribution in [-0.2, 0) is 28.9 Å². The van der Waals surface area contributed by atoms with E-state index in [9.17, 15) is 4.79 Å². The molecule has 2 aromatic heterocycles. The van der Waals surface area contributed by atoms with Gasteiger partial charge in [-0.25, -0.2) is 9.97 Å². The molecule has 2 heterocycles. The number of H-pyrrole nitrogens is 1. The molecule has 7 nitrogen and oxygen atoms in total. The van der Waals surface area contributed by atoms with Gasteiger partial charge in [-0.1, -0.05) is 69.2 Å². The number of nitrogens with zero attached hydrogens (tertiary/aromatic N) is 3. The van der Waals surface area contributed by atoms with Crippen LogP contribution in [-0.4, -0.2) is 46.0 Å². The second-order valence-electron chi connectivity index (χ2n) is 9.87. The zero-order valence-corrected chi connectivity index (χ0v) is 23.6. The van der Waals surface area contributed by atoms with Gasteiger partial charge in [0.25, 0.3) is 0 Å². The van der Waals surface area contributed by atoms with Crippen molar-refractivity contribution in [1.82, 2.24) is 19.9 Å². The number of unbranched alkanes of at least 4 members (excludes halogenated alkanes) is 1. The Balaban J connectivity index is 0.000000232. The number of aromatic amines is 1. The van der Waals surface area contributed by atoms with Crippen LogP contribution in [0.25, 0.3) is 21.9 Å². The molecular weight excluding hydrogens is 474 g/mol. The van der Waals surface area contributed by atoms with E-state index in [2.05, 4.69) is 71.8 Å². The fourth-order valence-corrected chi connectivity index (χ4v) is 4.52. The summed E-state index contributed by atoms with van der Waals surface area (Å²) in [5, 5.41) is 0.932. The fourth-order valence-electron chi connectivity index (χ4n) is 4.52. The van der Waals surface area contributed by atoms with E-state index in [1.807, 2.05) is 18.2 Å². The van der Waals surface area contributed by atoms with E-state index >= 15 is 0 Å². The maximum absolute atomic E-state index is 11.4. The highest BCUT2D eigenvalue weighted by Gasteiger charge is 2.13. The molecule has 0 bridgehead atoms. The molecule has 204 valence electrons. The number of benzene rings is 2. The number of hydrogen-bond acceptors (Lipinski definition) is 6. The summed E-state index contributed by atoms with van der Waals surface area (Å²) in [5.41, 5.74) is 12.0. The van der Waals surface area contributed by atoms with Crippen LogP contribution in [0, 0.1) is 6.92 Å². The molecule has 4 rings (SSSR count). The van der Waals surface area contributed by atoms with Crippen molar-refractivity contribution < 1.29 is 9.53 Å². The molecule has 2 aromatic carbocycles. The number of methoxy groups -OCH3 is 1. The first-order valence-corrected chi connectivity index (χ1v) is 13.8. The molecular formula is C31H43N5O2. The number of nitrogens with one attached hydrogen (secondary N) is 1. The van der Waals surface area contributed by atoms with Crippen molar-refractivity contribution >= 4 is 33.7 Å². The Bertz CT molecular complexity index is 1310. The highest BCUT2D eigenvalue weighted by molar-refractivity contribution is 6.06. The quantitative estimate of drug-likeness (QED) is 0.224. The number of aryl methyl sites for hydroxylation is 2. The normalized spacial score (nSPS) is 11.1. The number of imidazole rings is 1. The third kappa shape index (κ3) is 8.02. The lowest BCUT2D eigenvalue weighted by molar-refractivity contribution is -0.139. The third-order valence-electron chi connectivity index (χ3n) is 6.52. The van der Waals surface area contributed by atoms with E-state index in [4.69, 9.17) is 10.5 Å². The van der Waals surface area contributed by atoms with Crippen LogP contribution < -0.4 is 5.73 Å². The average molecular weight is 518 g/mol. The number of pyridine rings is 1. The van der Waals surface area contributed by atoms with Crippen molar-refractivity contribution in [2.75, 3.05) is 25.9 Å². The Labute approximate surface area is 226 Å². The Hall–Kier alpha value is -3.45. The molecule has 0 radical (unpaired) electrons. The Morgan fingerprint density at radius 1 is 0.974 bits per heavy atom. The number of nitrogen functional groups attached to an aromatic ring is 1. The SMILES string of the molecule is CCCCc1nc2c([nH]1)c(N)nc1cc(CC(=O)OC)ccc12.CCCN(CCC)Cc1ccc(C)cc1. The molecule has 0 aliphatic heterocycles. The van der Waals surface area contributed by atoms with Crippen LogP contribution in [0.2, 0.25) is 0 Å². The van der Waals surface area contributed by atoms with E-state index in [1.165, 1.54) is 44.2 Å². The zero-order valence-electron chi connectivity index (χ0n) is 23.6. The summed E-state index contributed by atoms with van der Waals surface area (Å²) in [6.45, 7) is 12.3. The summed E-state index contributed by atoms with van der Waals surface area (Å²) >= 11 is 0. The minimum absolute atomic E-state index is 0.217. The van der Waals surface area contributed by atoms with Gasteiger partial charge >= 0.3 is 5.97 Å². The lowest BCUT2D eigenvalue weighted by atomic mass is 10.1. The number of anilines is 1. The molecule has 4 aromatic rings. The summed E-state index contributed by atoms with van der Waals surface area (Å²) in [5.74, 6) is 1.08. The number of hydrogen-bond donors (Lipinski definition) is 2. The van der Waals surface area contributed by atoms with Gasteiger partial charge < -0.3 is 15.5 Å². The van der Waals surface area contributed by atoms with E-state index in [0.29, 0.717) is 5.82 Å². The van der Waals surface area contributed by atoms with Gasteiger partial charge in [0.2, 0.25) is 0 Å². The zero-order chi connectivity index (χ0) is 27.5. The van der Waals surface area contributed by atoms with E-state index in [1.54, 1.807) is 0 Å². The Kier molecular flexibility index (Phi) is 11.1. The van der Waals surface area contributed by atoms with Gasteiger partial charge in [-0.05, 0) is 56.5 Å². The first-order chi connectivity index (χ1) is 18.4. The topological polar surface area (TPSA) is 97.1 Å². The van der Waals surface area contributed by atoms with Crippen LogP contribution in [0.15, 0.2) is 42.5 Å². The van der Waals surface area contributed by atoms with Crippen LogP contribution in [0.5, 0.6) is 0 Å². The second-order valence-corrected chi connectivity index (χ2v) is 9.87. The Morgan fingerprint density at radius 3 is 2.29 bits per heavy atom. The van der Waals surface area contributed by atoms with Crippen molar-refractivity contribution in [3.8, 4) is 0 Å². The van der Waals surface area contributed by atoms with Crippen molar-refractivity contribution in [3.05, 3.63) is 65.0 Å². The minimum Gasteiger partial charge on any atom is -0.469 e. The van der Waals surface area contributed by atoms with E-state index in [-0.39, 0.29) is 12.4 Å². The third-order valence-corrected chi connectivity index (χ3v) is 6.52. The first-order valence-electron chi connectivity index (χ1n) is 13.8. The summed E-state index contributed by atoms with van der Waals surface area (Å²) in [7, 11) is 1.38. The lowest BCUT2D eigenvalue weighted by Gasteiger charge is -2.20. The predicted octanol–water partition coefficient (Wildman–Crippen LogP) is 6.37. The molecule has 0 fully saturated rings. The van der Waals surface area contributed by atoms with E-state index in [0.717, 1.165) is 59.1 Å². The van der Waals surface area contributed by atoms with Gasteiger partial charge in [-0.15, -0.1) is 0 Å². The highest BCUT2D eigenvalue weighted by Crippen LogP contribution is 2.27. The minimum atomic E-state index is -0.278. The molecule has 7 heteroatoms. The number of carbonyl (C=O) groups is 1. The maximum atomic E-state index is 11.4. The number of aromatic nitrogens is 3. The number of carbonyl (C=O) groups excluding carboxylic acids is 1. The number of fused-ring (bicyclic) bond motifs is 3. The smallest absolute Gasteiger partial charge is 0.309 e. The predicted molar refractivity (Wildman–Crippen MR) is 157 cm³/mol. The summed E-state index contributed by atoms with van der Waals surface area (Å²) in [6, 6.07) is 14.6. The number of rotatable bonds is 11. The molecule has 0 saturated carbocycles. The van der Waals surface area contributed by atoms with Gasteiger partial charge in [0.1, 0.15) is 22.7 Å². The maximum Gasteiger partial charge on any atom is 0.309 e. The number of ether oxygens (including phenoxy) is 1. The van der Waals surface area contributed by atoms with Crippen LogP contribution in [0.4, 0.5) is 5.82 Å². The van der Waals surface area contributed by atoms with Gasteiger partial charge in [0.05, 0.1) is 19.0 Å². The van der Waals surface area contributed by atoms with Gasteiger partial charge in [-0.3, -0.25) is 9.69 Å². The molecule has 0 atom stereocenters. The summed E-state index contributed by atoms with van der Waals surface area (Å²) in [6.07, 6.45) is 5.79. The second kappa shape index (κ2) is 14.5. The Morgan fingerprint density at radius 2 is 1.66 bits per heavy atom. The molecule has 0 aliphatic carbocycles. The molecule has 0 spiro atoms. The molecule has 0 aliphatic rings. The van der Waals surface area contributed by atoms with Crippen molar-refractivity contribution in [2.24, 2.45) is 0 Å². The lowest BCUT2D eigenvalue weighted by Crippen LogP contribution is -2.24. The van der Waals surface area contributed by atoms with Gasteiger partial charge in [-0.2, -0.15) is 0 Å².